The summed E-state index contributed by atoms with van der Waals surface area (Å²) >= 11 is 6.85. The fourth-order valence-corrected chi connectivity index (χ4v) is 3.74. The van der Waals surface area contributed by atoms with Crippen molar-refractivity contribution in [2.24, 2.45) is 0 Å². The lowest BCUT2D eigenvalue weighted by Gasteiger charge is -2.02. The molecule has 0 fully saturated rings. The lowest BCUT2D eigenvalue weighted by Crippen LogP contribution is -2.03. The number of fused-ring (bicyclic) bond motifs is 2. The number of halogens is 2. The van der Waals surface area contributed by atoms with E-state index >= 15 is 0 Å². The number of rotatable bonds is 1. The van der Waals surface area contributed by atoms with E-state index in [4.69, 9.17) is 4.42 Å². The van der Waals surface area contributed by atoms with Crippen LogP contribution in [-0.2, 0) is 0 Å². The zero-order valence-corrected chi connectivity index (χ0v) is 14.3. The molecule has 0 bridgehead atoms. The van der Waals surface area contributed by atoms with Gasteiger partial charge in [-0.3, -0.25) is 0 Å². The fraction of sp³-hybridized carbons (Fsp3) is 0. The summed E-state index contributed by atoms with van der Waals surface area (Å²) in [5, 5.41) is 0.827. The van der Waals surface area contributed by atoms with Gasteiger partial charge in [0.25, 0.3) is 0 Å². The number of benzene rings is 1. The standard InChI is InChI=1S/C16H8Br2N2O2/c17-10-5-9-6-11(16(21)22-15(9)12(18)7-10)13-8-20-4-2-1-3-14(20)19-13/h1-8H. The van der Waals surface area contributed by atoms with Gasteiger partial charge >= 0.3 is 5.63 Å². The fourth-order valence-electron chi connectivity index (χ4n) is 2.40. The molecule has 0 aliphatic heterocycles. The lowest BCUT2D eigenvalue weighted by atomic mass is 10.1. The van der Waals surface area contributed by atoms with Gasteiger partial charge in [-0.2, -0.15) is 0 Å². The predicted octanol–water partition coefficient (Wildman–Crippen LogP) is 4.63. The largest absolute Gasteiger partial charge is 0.421 e. The Morgan fingerprint density at radius 1 is 1.14 bits per heavy atom. The average Bonchev–Trinajstić information content (AvgIpc) is 2.91. The first-order chi connectivity index (χ1) is 10.6. The average molecular weight is 420 g/mol. The van der Waals surface area contributed by atoms with Crippen molar-refractivity contribution in [3.05, 3.63) is 68.2 Å². The minimum absolute atomic E-state index is 0.404. The summed E-state index contributed by atoms with van der Waals surface area (Å²) in [7, 11) is 0. The third-order valence-corrected chi connectivity index (χ3v) is 4.44. The van der Waals surface area contributed by atoms with E-state index in [0.717, 1.165) is 20.0 Å². The Labute approximate surface area is 141 Å². The van der Waals surface area contributed by atoms with Crippen molar-refractivity contribution in [2.75, 3.05) is 0 Å². The molecule has 0 saturated carbocycles. The summed E-state index contributed by atoms with van der Waals surface area (Å²) in [6, 6.07) is 11.3. The van der Waals surface area contributed by atoms with E-state index in [2.05, 4.69) is 36.8 Å². The molecule has 6 heteroatoms. The van der Waals surface area contributed by atoms with Crippen LogP contribution in [0, 0.1) is 0 Å². The second-order valence-electron chi connectivity index (χ2n) is 4.85. The van der Waals surface area contributed by atoms with Crippen molar-refractivity contribution in [1.29, 1.82) is 0 Å². The molecular weight excluding hydrogens is 412 g/mol. The predicted molar refractivity (Wildman–Crippen MR) is 92.1 cm³/mol. The lowest BCUT2D eigenvalue weighted by molar-refractivity contribution is 0.561. The molecule has 0 unspecified atom stereocenters. The molecule has 4 rings (SSSR count). The number of hydrogen-bond acceptors (Lipinski definition) is 3. The van der Waals surface area contributed by atoms with E-state index in [0.29, 0.717) is 16.8 Å². The first-order valence-corrected chi connectivity index (χ1v) is 8.07. The highest BCUT2D eigenvalue weighted by atomic mass is 79.9. The Bertz CT molecular complexity index is 1050. The molecule has 4 aromatic rings. The molecule has 0 amide bonds. The van der Waals surface area contributed by atoms with Gasteiger partial charge in [0.05, 0.1) is 15.7 Å². The Morgan fingerprint density at radius 3 is 2.82 bits per heavy atom. The van der Waals surface area contributed by atoms with Crippen LogP contribution in [0.25, 0.3) is 27.9 Å². The second-order valence-corrected chi connectivity index (χ2v) is 6.62. The summed E-state index contributed by atoms with van der Waals surface area (Å²) in [5.41, 5.74) is 1.95. The Hall–Kier alpha value is -1.92. The minimum Gasteiger partial charge on any atom is -0.421 e. The molecule has 22 heavy (non-hydrogen) atoms. The number of imidazole rings is 1. The molecule has 1 aromatic carbocycles. The van der Waals surface area contributed by atoms with Crippen LogP contribution in [0.1, 0.15) is 0 Å². The van der Waals surface area contributed by atoms with Crippen molar-refractivity contribution < 1.29 is 4.42 Å². The normalized spacial score (nSPS) is 11.4. The third kappa shape index (κ3) is 2.19. The summed E-state index contributed by atoms with van der Waals surface area (Å²) in [5.74, 6) is 0. The Balaban J connectivity index is 2.02. The zero-order valence-electron chi connectivity index (χ0n) is 11.1. The zero-order chi connectivity index (χ0) is 15.3. The van der Waals surface area contributed by atoms with Gasteiger partial charge in [-0.1, -0.05) is 22.0 Å². The number of aromatic nitrogens is 2. The quantitative estimate of drug-likeness (QED) is 0.422. The van der Waals surface area contributed by atoms with Gasteiger partial charge in [-0.05, 0) is 46.3 Å². The van der Waals surface area contributed by atoms with Crippen LogP contribution in [0.3, 0.4) is 0 Å². The van der Waals surface area contributed by atoms with E-state index in [1.807, 2.05) is 47.1 Å². The number of pyridine rings is 1. The van der Waals surface area contributed by atoms with Gasteiger partial charge in [0.2, 0.25) is 0 Å². The van der Waals surface area contributed by atoms with Gasteiger partial charge in [0.1, 0.15) is 5.65 Å². The number of hydrogen-bond donors (Lipinski definition) is 0. The maximum Gasteiger partial charge on any atom is 0.345 e. The van der Waals surface area contributed by atoms with Gasteiger partial charge in [0.15, 0.2) is 5.58 Å². The topological polar surface area (TPSA) is 47.5 Å². The summed E-state index contributed by atoms with van der Waals surface area (Å²) < 4.78 is 8.96. The molecule has 108 valence electrons. The maximum atomic E-state index is 12.3. The van der Waals surface area contributed by atoms with Gasteiger partial charge in [-0.25, -0.2) is 9.78 Å². The SMILES string of the molecule is O=c1oc2c(Br)cc(Br)cc2cc1-c1cn2ccccc2n1. The minimum atomic E-state index is -0.404. The second kappa shape index (κ2) is 5.07. The first kappa shape index (κ1) is 13.7. The van der Waals surface area contributed by atoms with E-state index in [-0.39, 0.29) is 0 Å². The molecule has 4 nitrogen and oxygen atoms in total. The smallest absolute Gasteiger partial charge is 0.345 e. The molecule has 0 saturated heterocycles. The third-order valence-electron chi connectivity index (χ3n) is 3.39. The molecule has 0 aliphatic rings. The van der Waals surface area contributed by atoms with Crippen molar-refractivity contribution in [3.63, 3.8) is 0 Å². The van der Waals surface area contributed by atoms with Crippen molar-refractivity contribution in [2.45, 2.75) is 0 Å². The van der Waals surface area contributed by atoms with Crippen LogP contribution in [0.4, 0.5) is 0 Å². The molecular formula is C16H8Br2N2O2. The van der Waals surface area contributed by atoms with E-state index in [9.17, 15) is 4.79 Å². The van der Waals surface area contributed by atoms with Crippen LogP contribution in [0.15, 0.2) is 66.9 Å². The van der Waals surface area contributed by atoms with Gasteiger partial charge in [-0.15, -0.1) is 0 Å². The van der Waals surface area contributed by atoms with Crippen molar-refractivity contribution in [3.8, 4) is 11.3 Å². The van der Waals surface area contributed by atoms with E-state index in [1.165, 1.54) is 0 Å². The highest BCUT2D eigenvalue weighted by Gasteiger charge is 2.13. The molecule has 0 spiro atoms. The van der Waals surface area contributed by atoms with Crippen LogP contribution in [0.2, 0.25) is 0 Å². The van der Waals surface area contributed by atoms with Gasteiger partial charge in [0, 0.05) is 22.3 Å². The summed E-state index contributed by atoms with van der Waals surface area (Å²) in [6.45, 7) is 0. The molecule has 0 N–H and O–H groups in total. The van der Waals surface area contributed by atoms with Crippen LogP contribution >= 0.6 is 31.9 Å². The van der Waals surface area contributed by atoms with Crippen LogP contribution in [-0.4, -0.2) is 9.38 Å². The summed E-state index contributed by atoms with van der Waals surface area (Å²) in [6.07, 6.45) is 3.71. The van der Waals surface area contributed by atoms with Crippen LogP contribution in [0.5, 0.6) is 0 Å². The molecule has 0 aliphatic carbocycles. The molecule has 0 radical (unpaired) electrons. The van der Waals surface area contributed by atoms with Crippen molar-refractivity contribution in [1.82, 2.24) is 9.38 Å². The van der Waals surface area contributed by atoms with Gasteiger partial charge < -0.3 is 8.82 Å². The summed E-state index contributed by atoms with van der Waals surface area (Å²) in [4.78, 5) is 16.8. The molecule has 3 aromatic heterocycles. The number of nitrogens with zero attached hydrogens (tertiary/aromatic N) is 2. The van der Waals surface area contributed by atoms with E-state index in [1.54, 1.807) is 6.07 Å². The highest BCUT2D eigenvalue weighted by molar-refractivity contribution is 9.11. The van der Waals surface area contributed by atoms with Crippen molar-refractivity contribution >= 4 is 48.5 Å². The van der Waals surface area contributed by atoms with Crippen LogP contribution < -0.4 is 5.63 Å². The first-order valence-electron chi connectivity index (χ1n) is 6.49. The Kier molecular flexibility index (Phi) is 3.16. The molecule has 0 atom stereocenters. The van der Waals surface area contributed by atoms with E-state index < -0.39 is 5.63 Å². The molecule has 3 heterocycles. The Morgan fingerprint density at radius 2 is 2.00 bits per heavy atom. The monoisotopic (exact) mass is 418 g/mol. The maximum absolute atomic E-state index is 12.3. The highest BCUT2D eigenvalue weighted by Crippen LogP contribution is 2.29.